The Morgan fingerprint density at radius 2 is 0.529 bits per heavy atom. The Kier molecular flexibility index (Phi) is 24.8. The van der Waals surface area contributed by atoms with E-state index in [0.29, 0.717) is 74.4 Å². The number of hydrogen-bond acceptors (Lipinski definition) is 20. The third-order valence-corrected chi connectivity index (χ3v) is 21.0. The monoisotopic (exact) mass is 1420 g/mol. The molecule has 8 saturated heterocycles. The Hall–Kier alpha value is -9.36. The predicted molar refractivity (Wildman–Crippen MR) is 412 cm³/mol. The van der Waals surface area contributed by atoms with E-state index in [2.05, 4.69) is 184 Å². The summed E-state index contributed by atoms with van der Waals surface area (Å²) in [7, 11) is 0. The number of rotatable bonds is 16. The summed E-state index contributed by atoms with van der Waals surface area (Å²) in [5.41, 5.74) is 4.94. The van der Waals surface area contributed by atoms with Crippen LogP contribution in [0.5, 0.6) is 0 Å². The highest BCUT2D eigenvalue weighted by molar-refractivity contribution is 5.50. The molecular formula is C80H104N16O8. The first kappa shape index (κ1) is 73.0. The lowest BCUT2D eigenvalue weighted by Crippen LogP contribution is -2.42. The smallest absolute Gasteiger partial charge is 0.254 e. The van der Waals surface area contributed by atoms with Gasteiger partial charge in [0.15, 0.2) is 0 Å². The van der Waals surface area contributed by atoms with Crippen molar-refractivity contribution in [1.29, 1.82) is 0 Å². The van der Waals surface area contributed by atoms with Crippen molar-refractivity contribution in [3.8, 4) is 0 Å². The highest BCUT2D eigenvalue weighted by Crippen LogP contribution is 2.32. The number of nitrogens with zero attached hydrogens (tertiary/aromatic N) is 12. The fourth-order valence-corrected chi connectivity index (χ4v) is 15.9. The van der Waals surface area contributed by atoms with E-state index in [4.69, 9.17) is 38.9 Å². The SMILES string of the molecule is C[C@@H]1CN(c2cc(=O)[nH]c(N3CCC[C@@H]3Cc3ccccc3)n2)CCO1.C[C@@H]1CN(c2cc(=O)[nH]c(N3CCC[C@H]3Cc3ccccc3)n2)CCO1.C[C@H]1CN(c2cc(=O)[nH]c(N3CCC[C@@H]3Cc3ccccc3)n2)CCO1.C[C@H]1CN(c2cc(=O)[nH]c(N3CCC[C@H]3Cc3ccccc3)n2)CCO1. The maximum Gasteiger partial charge on any atom is 0.254 e. The number of anilines is 8. The second-order valence-electron chi connectivity index (χ2n) is 28.9. The molecule has 0 bridgehead atoms. The van der Waals surface area contributed by atoms with E-state index in [9.17, 15) is 19.2 Å². The van der Waals surface area contributed by atoms with E-state index in [1.807, 2.05) is 24.3 Å². The topological polar surface area (TPSA) is 246 Å². The Labute approximate surface area is 609 Å². The van der Waals surface area contributed by atoms with Crippen LogP contribution in [0.25, 0.3) is 0 Å². The molecule has 12 heterocycles. The number of benzene rings is 4. The quantitative estimate of drug-likeness (QED) is 0.0705. The molecule has 552 valence electrons. The molecule has 8 atom stereocenters. The maximum atomic E-state index is 12.3. The Morgan fingerprint density at radius 3 is 0.731 bits per heavy atom. The second kappa shape index (κ2) is 35.4. The van der Waals surface area contributed by atoms with Gasteiger partial charge in [0.2, 0.25) is 23.8 Å². The summed E-state index contributed by atoms with van der Waals surface area (Å²) in [5, 5.41) is 0. The van der Waals surface area contributed by atoms with E-state index >= 15 is 0 Å². The van der Waals surface area contributed by atoms with Crippen LogP contribution in [0.2, 0.25) is 0 Å². The average Bonchev–Trinajstić information content (AvgIpc) is 1.47. The standard InChI is InChI=1S/4C20H26N4O2/c4*1-15-14-23(10-11-26-15)18-13-19(25)22-20(21-18)24-9-5-8-17(24)12-16-6-3-2-4-7-16/h4*2-4,6-7,13,15,17H,5,8-12,14H2,1H3,(H,21,22,25)/t2*15-,17+;2*15-,17-/m1010/s1. The van der Waals surface area contributed by atoms with Crippen LogP contribution in [0.3, 0.4) is 0 Å². The van der Waals surface area contributed by atoms with E-state index in [1.165, 1.54) is 22.3 Å². The van der Waals surface area contributed by atoms with Crippen LogP contribution < -0.4 is 61.4 Å². The number of nitrogens with one attached hydrogen (secondary N) is 4. The Bertz CT molecular complexity index is 3710. The van der Waals surface area contributed by atoms with Crippen LogP contribution in [0, 0.1) is 0 Å². The van der Waals surface area contributed by atoms with Gasteiger partial charge in [-0.05, 0) is 127 Å². The number of ether oxygens (including phenoxy) is 4. The van der Waals surface area contributed by atoms with Gasteiger partial charge < -0.3 is 58.1 Å². The average molecular weight is 1420 g/mol. The largest absolute Gasteiger partial charge is 0.375 e. The van der Waals surface area contributed by atoms with Crippen LogP contribution in [0.15, 0.2) is 165 Å². The summed E-state index contributed by atoms with van der Waals surface area (Å²) in [5.74, 6) is 5.81. The normalized spacial score (nSPS) is 23.4. The molecule has 4 aromatic heterocycles. The molecule has 8 aliphatic heterocycles. The van der Waals surface area contributed by atoms with Crippen molar-refractivity contribution < 1.29 is 18.9 Å². The van der Waals surface area contributed by atoms with Crippen LogP contribution in [0.1, 0.15) is 101 Å². The summed E-state index contributed by atoms with van der Waals surface area (Å²) in [6.07, 6.45) is 13.5. The summed E-state index contributed by atoms with van der Waals surface area (Å²) in [6, 6.07) is 50.0. The fraction of sp³-hybridized carbons (Fsp3) is 0.500. The third-order valence-electron chi connectivity index (χ3n) is 21.0. The molecule has 8 fully saturated rings. The van der Waals surface area contributed by atoms with Gasteiger partial charge in [-0.15, -0.1) is 0 Å². The minimum absolute atomic E-state index is 0.0884. The van der Waals surface area contributed by atoms with Gasteiger partial charge in [-0.25, -0.2) is 0 Å². The number of morpholine rings is 4. The molecule has 24 nitrogen and oxygen atoms in total. The number of aromatic nitrogens is 8. The van der Waals surface area contributed by atoms with Gasteiger partial charge in [0.25, 0.3) is 22.2 Å². The lowest BCUT2D eigenvalue weighted by atomic mass is 10.0. The Morgan fingerprint density at radius 1 is 0.317 bits per heavy atom. The van der Waals surface area contributed by atoms with E-state index in [0.717, 1.165) is 179 Å². The number of aromatic amines is 4. The molecule has 0 spiro atoms. The van der Waals surface area contributed by atoms with E-state index in [1.54, 1.807) is 24.3 Å². The van der Waals surface area contributed by atoms with E-state index in [-0.39, 0.29) is 46.7 Å². The zero-order valence-electron chi connectivity index (χ0n) is 60.9. The molecule has 24 heteroatoms. The van der Waals surface area contributed by atoms with Crippen LogP contribution in [-0.4, -0.2) is 193 Å². The fourth-order valence-electron chi connectivity index (χ4n) is 15.9. The molecule has 8 aliphatic rings. The van der Waals surface area contributed by atoms with Crippen molar-refractivity contribution >= 4 is 47.1 Å². The van der Waals surface area contributed by atoms with Crippen molar-refractivity contribution in [2.75, 3.05) is 144 Å². The summed E-state index contributed by atoms with van der Waals surface area (Å²) >= 11 is 0. The minimum Gasteiger partial charge on any atom is -0.375 e. The molecule has 8 aromatic rings. The molecule has 16 rings (SSSR count). The first-order valence-electron chi connectivity index (χ1n) is 37.9. The van der Waals surface area contributed by atoms with E-state index < -0.39 is 0 Å². The highest BCUT2D eigenvalue weighted by Gasteiger charge is 2.33. The van der Waals surface area contributed by atoms with Crippen molar-refractivity contribution in [2.24, 2.45) is 0 Å². The highest BCUT2D eigenvalue weighted by atomic mass is 16.5. The second-order valence-corrected chi connectivity index (χ2v) is 28.9. The first-order valence-corrected chi connectivity index (χ1v) is 37.9. The van der Waals surface area contributed by atoms with Gasteiger partial charge in [0.05, 0.1) is 50.8 Å². The lowest BCUT2D eigenvalue weighted by molar-refractivity contribution is 0.0527. The van der Waals surface area contributed by atoms with Gasteiger partial charge in [-0.2, -0.15) is 19.9 Å². The summed E-state index contributed by atoms with van der Waals surface area (Å²) < 4.78 is 22.4. The lowest BCUT2D eigenvalue weighted by Gasteiger charge is -2.33. The molecule has 4 N–H and O–H groups in total. The predicted octanol–water partition coefficient (Wildman–Crippen LogP) is 8.83. The van der Waals surface area contributed by atoms with Gasteiger partial charge in [0, 0.05) is 127 Å². The van der Waals surface area contributed by atoms with Crippen molar-refractivity contribution in [2.45, 2.75) is 153 Å². The summed E-state index contributed by atoms with van der Waals surface area (Å²) in [4.78, 5) is 97.8. The molecule has 4 aromatic carbocycles. The van der Waals surface area contributed by atoms with Crippen molar-refractivity contribution in [1.82, 2.24) is 39.9 Å². The van der Waals surface area contributed by atoms with Gasteiger partial charge in [0.1, 0.15) is 23.3 Å². The molecule has 0 aliphatic carbocycles. The Balaban J connectivity index is 0.000000123. The van der Waals surface area contributed by atoms with Crippen molar-refractivity contribution in [3.05, 3.63) is 209 Å². The van der Waals surface area contributed by atoms with Gasteiger partial charge in [-0.1, -0.05) is 121 Å². The first-order chi connectivity index (χ1) is 50.7. The van der Waals surface area contributed by atoms with Crippen LogP contribution >= 0.6 is 0 Å². The number of hydrogen-bond donors (Lipinski definition) is 4. The maximum absolute atomic E-state index is 12.3. The summed E-state index contributed by atoms with van der Waals surface area (Å²) in [6.45, 7) is 20.8. The molecule has 0 radical (unpaired) electrons. The van der Waals surface area contributed by atoms with Gasteiger partial charge in [-0.3, -0.25) is 39.1 Å². The van der Waals surface area contributed by atoms with Crippen LogP contribution in [-0.2, 0) is 44.6 Å². The number of H-pyrrole nitrogens is 4. The third kappa shape index (κ3) is 19.7. The minimum atomic E-state index is -0.0884. The zero-order chi connectivity index (χ0) is 71.7. The molecule has 0 saturated carbocycles. The molecular weight excluding hydrogens is 1310 g/mol. The molecule has 0 unspecified atom stereocenters. The van der Waals surface area contributed by atoms with Gasteiger partial charge >= 0.3 is 0 Å². The van der Waals surface area contributed by atoms with Crippen LogP contribution in [0.4, 0.5) is 47.1 Å². The zero-order valence-corrected chi connectivity index (χ0v) is 60.9. The molecule has 104 heavy (non-hydrogen) atoms. The van der Waals surface area contributed by atoms with Crippen molar-refractivity contribution in [3.63, 3.8) is 0 Å². The molecule has 0 amide bonds.